The molecule has 0 radical (unpaired) electrons. The Balaban J connectivity index is 1.08. The minimum atomic E-state index is -1.99. The van der Waals surface area contributed by atoms with Gasteiger partial charge in [-0.1, -0.05) is 45.1 Å². The van der Waals surface area contributed by atoms with Crippen molar-refractivity contribution in [3.63, 3.8) is 0 Å². The first-order chi connectivity index (χ1) is 27.2. The molecule has 5 aliphatic heterocycles. The average Bonchev–Trinajstić information content (AvgIpc) is 3.17. The molecule has 5 aliphatic rings. The zero-order valence-electron chi connectivity index (χ0n) is 35.2. The molecule has 0 amide bonds. The molecule has 0 saturated carbocycles. The van der Waals surface area contributed by atoms with Crippen LogP contribution in [-0.2, 0) is 28.5 Å². The minimum absolute atomic E-state index is 0.0345. The van der Waals surface area contributed by atoms with Crippen LogP contribution in [0.25, 0.3) is 0 Å². The number of carboxylic acid groups (broad SMARTS) is 1. The molecule has 0 bridgehead atoms. The van der Waals surface area contributed by atoms with E-state index in [1.165, 1.54) is 6.92 Å². The van der Waals surface area contributed by atoms with Gasteiger partial charge >= 0.3 is 5.97 Å². The molecule has 58 heavy (non-hydrogen) atoms. The highest BCUT2D eigenvalue weighted by atomic mass is 16.7. The monoisotopic (exact) mass is 824 g/mol. The number of aliphatic hydroxyl groups excluding tert-OH is 6. The molecule has 17 atom stereocenters. The minimum Gasteiger partial charge on any atom is -0.479 e. The van der Waals surface area contributed by atoms with Crippen LogP contribution in [0.3, 0.4) is 0 Å². The maximum atomic E-state index is 11.5. The van der Waals surface area contributed by atoms with Gasteiger partial charge in [0.25, 0.3) is 0 Å². The number of aliphatic carboxylic acids is 1. The summed E-state index contributed by atoms with van der Waals surface area (Å²) in [5.74, 6) is -3.35. The van der Waals surface area contributed by atoms with Crippen LogP contribution < -0.4 is 0 Å². The van der Waals surface area contributed by atoms with Crippen LogP contribution >= 0.6 is 0 Å². The van der Waals surface area contributed by atoms with Gasteiger partial charge in [-0.05, 0) is 108 Å². The second-order valence-corrected chi connectivity index (χ2v) is 18.5. The van der Waals surface area contributed by atoms with Crippen LogP contribution in [0.15, 0.2) is 36.0 Å². The van der Waals surface area contributed by atoms with Gasteiger partial charge in [-0.15, -0.1) is 0 Å². The summed E-state index contributed by atoms with van der Waals surface area (Å²) in [7, 11) is 0. The number of ether oxygens (including phenoxy) is 5. The third-order valence-corrected chi connectivity index (χ3v) is 13.3. The number of aliphatic hydroxyl groups is 7. The molecular formula is C44H72O14. The predicted molar refractivity (Wildman–Crippen MR) is 213 cm³/mol. The summed E-state index contributed by atoms with van der Waals surface area (Å²) in [4.78, 5) is 11.5. The standard InChI is InChI=1S/C44H72O14/c1-25-21-35(57-44(23-25)36(48)16-14-32(56-44)24-42(6,53)41(51)52)26(2)9-10-30(45)11-12-31(46)13-15-34-38(50)37(49)29(5)40(55-34)33(47)22-28(4)39-27(3)17-19-43(58-39)18-7-8-20-54-43/h9-10,23,26-28,30-40,45-50,53H,5,7-8,11-22,24H2,1-4,6H3,(H,51,52)/b10-9+/t26-,27-,28+,30-,31+,32+,33+,34-,35+,36-,37-,38-,39+,40+,42-,43+,44-/m1/s1. The summed E-state index contributed by atoms with van der Waals surface area (Å²) in [6.07, 6.45) is 3.20. The second-order valence-electron chi connectivity index (χ2n) is 18.5. The van der Waals surface area contributed by atoms with Crippen LogP contribution in [0.4, 0.5) is 0 Å². The van der Waals surface area contributed by atoms with Crippen molar-refractivity contribution in [1.29, 1.82) is 0 Å². The zero-order chi connectivity index (χ0) is 42.6. The molecule has 332 valence electrons. The highest BCUT2D eigenvalue weighted by Crippen LogP contribution is 2.44. The first kappa shape index (κ1) is 47.3. The van der Waals surface area contributed by atoms with Gasteiger partial charge in [0.05, 0.1) is 49.3 Å². The lowest BCUT2D eigenvalue weighted by molar-refractivity contribution is -0.320. The van der Waals surface area contributed by atoms with Crippen LogP contribution in [0.5, 0.6) is 0 Å². The van der Waals surface area contributed by atoms with E-state index in [2.05, 4.69) is 13.5 Å². The smallest absolute Gasteiger partial charge is 0.335 e. The Morgan fingerprint density at radius 1 is 1.02 bits per heavy atom. The third kappa shape index (κ3) is 11.6. The van der Waals surface area contributed by atoms with Gasteiger partial charge in [0.15, 0.2) is 11.4 Å². The summed E-state index contributed by atoms with van der Waals surface area (Å²) < 4.78 is 31.5. The Labute approximate surface area is 343 Å². The summed E-state index contributed by atoms with van der Waals surface area (Å²) in [6, 6.07) is 0. The number of rotatable bonds is 16. The van der Waals surface area contributed by atoms with Gasteiger partial charge < -0.3 is 64.5 Å². The third-order valence-electron chi connectivity index (χ3n) is 13.3. The molecule has 2 spiro atoms. The molecule has 4 saturated heterocycles. The van der Waals surface area contributed by atoms with Crippen molar-refractivity contribution >= 4 is 5.97 Å². The summed E-state index contributed by atoms with van der Waals surface area (Å²) >= 11 is 0. The SMILES string of the molecule is C=C1[C@@H](O)[C@H](O)[C@@H](CC[C@@H](O)CC[C@H](O)/C=C/[C@@H](C)[C@@H]2CC(C)=C[C@@]3(O[C@H](C[C@@](C)(O)C(=O)O)CC[C@H]3O)O2)O[C@@H]1[C@@H](O)C[C@H](C)[C@H]1O[C@@]2(CCCCO2)CC[C@H]1C. The molecular weight excluding hydrogens is 752 g/mol. The van der Waals surface area contributed by atoms with Gasteiger partial charge in [-0.25, -0.2) is 4.79 Å². The van der Waals surface area contributed by atoms with Gasteiger partial charge in [0.1, 0.15) is 24.4 Å². The zero-order valence-corrected chi connectivity index (χ0v) is 35.2. The van der Waals surface area contributed by atoms with Crippen molar-refractivity contribution in [1.82, 2.24) is 0 Å². The molecule has 8 N–H and O–H groups in total. The van der Waals surface area contributed by atoms with E-state index in [-0.39, 0.29) is 61.5 Å². The summed E-state index contributed by atoms with van der Waals surface area (Å²) in [5.41, 5.74) is -0.848. The Morgan fingerprint density at radius 3 is 2.45 bits per heavy atom. The van der Waals surface area contributed by atoms with Crippen LogP contribution in [-0.4, -0.2) is 138 Å². The molecule has 4 fully saturated rings. The van der Waals surface area contributed by atoms with Crippen molar-refractivity contribution in [3.05, 3.63) is 36.0 Å². The predicted octanol–water partition coefficient (Wildman–Crippen LogP) is 3.80. The Hall–Kier alpha value is -1.79. The van der Waals surface area contributed by atoms with E-state index in [4.69, 9.17) is 23.7 Å². The molecule has 0 aliphatic carbocycles. The first-order valence-corrected chi connectivity index (χ1v) is 21.7. The first-order valence-electron chi connectivity index (χ1n) is 21.7. The largest absolute Gasteiger partial charge is 0.479 e. The number of hydrogen-bond acceptors (Lipinski definition) is 13. The van der Waals surface area contributed by atoms with E-state index in [1.54, 1.807) is 12.2 Å². The van der Waals surface area contributed by atoms with E-state index in [9.17, 15) is 45.6 Å². The molecule has 14 nitrogen and oxygen atoms in total. The van der Waals surface area contributed by atoms with Crippen LogP contribution in [0.2, 0.25) is 0 Å². The lowest BCUT2D eigenvalue weighted by Crippen LogP contribution is -2.57. The molecule has 5 heterocycles. The lowest BCUT2D eigenvalue weighted by Gasteiger charge is -2.48. The van der Waals surface area contributed by atoms with Gasteiger partial charge in [-0.3, -0.25) is 0 Å². The summed E-state index contributed by atoms with van der Waals surface area (Å²) in [5, 5.41) is 85.5. The maximum Gasteiger partial charge on any atom is 0.335 e. The van der Waals surface area contributed by atoms with Crippen LogP contribution in [0, 0.1) is 17.8 Å². The molecule has 0 aromatic carbocycles. The lowest BCUT2D eigenvalue weighted by atomic mass is 9.80. The second kappa shape index (κ2) is 19.9. The fourth-order valence-corrected chi connectivity index (χ4v) is 9.56. The van der Waals surface area contributed by atoms with Crippen molar-refractivity contribution < 1.29 is 69.3 Å². The number of carboxylic acids is 1. The normalized spacial score (nSPS) is 39.8. The number of hydrogen-bond donors (Lipinski definition) is 8. The van der Waals surface area contributed by atoms with Crippen molar-refractivity contribution in [2.24, 2.45) is 17.8 Å². The Morgan fingerprint density at radius 2 is 1.76 bits per heavy atom. The highest BCUT2D eigenvalue weighted by Gasteiger charge is 2.50. The van der Waals surface area contributed by atoms with Crippen LogP contribution in [0.1, 0.15) is 125 Å². The average molecular weight is 825 g/mol. The van der Waals surface area contributed by atoms with E-state index in [1.807, 2.05) is 26.8 Å². The van der Waals surface area contributed by atoms with Gasteiger partial charge in [-0.2, -0.15) is 0 Å². The molecule has 0 aromatic rings. The fraction of sp³-hybridized carbons (Fsp3) is 0.841. The van der Waals surface area contributed by atoms with E-state index in [0.717, 1.165) is 37.7 Å². The van der Waals surface area contributed by atoms with E-state index in [0.29, 0.717) is 32.3 Å². The van der Waals surface area contributed by atoms with Crippen molar-refractivity contribution in [2.75, 3.05) is 6.61 Å². The van der Waals surface area contributed by atoms with Gasteiger partial charge in [0, 0.05) is 25.2 Å². The maximum absolute atomic E-state index is 11.5. The molecule has 14 heteroatoms. The summed E-state index contributed by atoms with van der Waals surface area (Å²) in [6.45, 7) is 13.9. The van der Waals surface area contributed by atoms with E-state index < -0.39 is 84.2 Å². The van der Waals surface area contributed by atoms with Gasteiger partial charge in [0.2, 0.25) is 5.79 Å². The van der Waals surface area contributed by atoms with Crippen molar-refractivity contribution in [2.45, 2.75) is 209 Å². The highest BCUT2D eigenvalue weighted by molar-refractivity contribution is 5.76. The van der Waals surface area contributed by atoms with Crippen molar-refractivity contribution in [3.8, 4) is 0 Å². The Kier molecular flexibility index (Phi) is 16.2. The van der Waals surface area contributed by atoms with E-state index >= 15 is 0 Å². The topological polar surface area (TPSA) is 225 Å². The molecule has 5 rings (SSSR count). The molecule has 0 aromatic heterocycles. The number of carbonyl (C=O) groups is 1. The molecule has 0 unspecified atom stereocenters. The Bertz CT molecular complexity index is 1430. The fourth-order valence-electron chi connectivity index (χ4n) is 9.56. The quantitative estimate of drug-likeness (QED) is 0.104.